The van der Waals surface area contributed by atoms with Gasteiger partial charge >= 0.3 is 11.9 Å². The van der Waals surface area contributed by atoms with E-state index in [9.17, 15) is 9.59 Å². The Balaban J connectivity index is 2.62. The number of rotatable bonds is 3. The molecule has 15 heavy (non-hydrogen) atoms. The molecule has 5 nitrogen and oxygen atoms in total. The van der Waals surface area contributed by atoms with Gasteiger partial charge in [-0.2, -0.15) is 0 Å². The van der Waals surface area contributed by atoms with Crippen LogP contribution in [0.25, 0.3) is 0 Å². The fourth-order valence-electron chi connectivity index (χ4n) is 1.05. The van der Waals surface area contributed by atoms with E-state index in [2.05, 4.69) is 15.0 Å². The van der Waals surface area contributed by atoms with Crippen molar-refractivity contribution < 1.29 is 14.3 Å². The number of ether oxygens (including phenoxy) is 1. The average Bonchev–Trinajstić information content (AvgIpc) is 2.77. The van der Waals surface area contributed by atoms with Gasteiger partial charge < -0.3 is 10.1 Å². The predicted molar refractivity (Wildman–Crippen MR) is 55.3 cm³/mol. The molecule has 0 aliphatic heterocycles. The number of hydrogen-bond acceptors (Lipinski definition) is 5. The molecule has 0 aliphatic rings. The molecule has 0 aliphatic carbocycles. The molecule has 0 fully saturated rings. The number of aromatic nitrogens is 1. The van der Waals surface area contributed by atoms with Gasteiger partial charge in [-0.1, -0.05) is 6.92 Å². The van der Waals surface area contributed by atoms with E-state index in [1.807, 2.05) is 12.3 Å². The van der Waals surface area contributed by atoms with Crippen molar-refractivity contribution in [3.8, 4) is 0 Å². The molecule has 0 bridgehead atoms. The normalized spacial score (nSPS) is 11.9. The Hall–Kier alpha value is -1.43. The van der Waals surface area contributed by atoms with Crippen LogP contribution in [-0.4, -0.2) is 24.0 Å². The minimum absolute atomic E-state index is 0.225. The van der Waals surface area contributed by atoms with Crippen molar-refractivity contribution in [3.05, 3.63) is 16.6 Å². The van der Waals surface area contributed by atoms with E-state index in [0.717, 1.165) is 5.01 Å². The van der Waals surface area contributed by atoms with Crippen molar-refractivity contribution in [3.63, 3.8) is 0 Å². The fraction of sp³-hybridized carbons (Fsp3) is 0.444. The summed E-state index contributed by atoms with van der Waals surface area (Å²) in [5, 5.41) is 5.16. The number of carbonyl (C=O) groups is 2. The first-order chi connectivity index (χ1) is 7.19. The number of esters is 1. The number of thiazole rings is 1. The minimum atomic E-state index is -0.884. The third kappa shape index (κ3) is 3.02. The van der Waals surface area contributed by atoms with Crippen molar-refractivity contribution in [2.24, 2.45) is 0 Å². The zero-order chi connectivity index (χ0) is 11.3. The zero-order valence-electron chi connectivity index (χ0n) is 8.52. The van der Waals surface area contributed by atoms with Gasteiger partial charge in [0.1, 0.15) is 5.01 Å². The molecule has 1 atom stereocenters. The lowest BCUT2D eigenvalue weighted by Crippen LogP contribution is -2.34. The standard InChI is InChI=1S/C9H12N2O3S/c1-3-6(8-10-4-5-15-8)11-7(12)9(13)14-2/h4-6H,3H2,1-2H3,(H,11,12). The Morgan fingerprint density at radius 3 is 2.87 bits per heavy atom. The second-order valence-corrected chi connectivity index (χ2v) is 3.72. The van der Waals surface area contributed by atoms with E-state index in [4.69, 9.17) is 0 Å². The summed E-state index contributed by atoms with van der Waals surface area (Å²) in [5.41, 5.74) is 0. The van der Waals surface area contributed by atoms with Crippen LogP contribution in [0.4, 0.5) is 0 Å². The molecule has 0 aromatic carbocycles. The Morgan fingerprint density at radius 2 is 2.40 bits per heavy atom. The molecule has 1 rings (SSSR count). The average molecular weight is 228 g/mol. The van der Waals surface area contributed by atoms with Crippen LogP contribution >= 0.6 is 11.3 Å². The molecule has 1 aromatic heterocycles. The van der Waals surface area contributed by atoms with Crippen molar-refractivity contribution in [2.75, 3.05) is 7.11 Å². The van der Waals surface area contributed by atoms with Crippen LogP contribution < -0.4 is 5.32 Å². The molecule has 6 heteroatoms. The Morgan fingerprint density at radius 1 is 1.67 bits per heavy atom. The first kappa shape index (κ1) is 11.6. The van der Waals surface area contributed by atoms with Crippen LogP contribution in [-0.2, 0) is 14.3 Å². The van der Waals surface area contributed by atoms with Gasteiger partial charge in [0.25, 0.3) is 0 Å². The molecule has 1 aromatic rings. The molecule has 82 valence electrons. The van der Waals surface area contributed by atoms with E-state index >= 15 is 0 Å². The van der Waals surface area contributed by atoms with E-state index in [-0.39, 0.29) is 6.04 Å². The largest absolute Gasteiger partial charge is 0.462 e. The van der Waals surface area contributed by atoms with Crippen LogP contribution in [0, 0.1) is 0 Å². The highest BCUT2D eigenvalue weighted by atomic mass is 32.1. The van der Waals surface area contributed by atoms with Gasteiger partial charge in [-0.25, -0.2) is 9.78 Å². The third-order valence-electron chi connectivity index (χ3n) is 1.83. The molecule has 1 unspecified atom stereocenters. The van der Waals surface area contributed by atoms with Crippen LogP contribution in [0.1, 0.15) is 24.4 Å². The highest BCUT2D eigenvalue weighted by Gasteiger charge is 2.20. The van der Waals surface area contributed by atoms with E-state index in [0.29, 0.717) is 6.42 Å². The topological polar surface area (TPSA) is 68.3 Å². The van der Waals surface area contributed by atoms with Crippen LogP contribution in [0.2, 0.25) is 0 Å². The van der Waals surface area contributed by atoms with Crippen molar-refractivity contribution in [2.45, 2.75) is 19.4 Å². The van der Waals surface area contributed by atoms with Gasteiger partial charge in [0.05, 0.1) is 13.2 Å². The molecule has 0 saturated carbocycles. The Bertz CT molecular complexity index is 337. The zero-order valence-corrected chi connectivity index (χ0v) is 9.34. The monoisotopic (exact) mass is 228 g/mol. The van der Waals surface area contributed by atoms with E-state index < -0.39 is 11.9 Å². The molecule has 1 heterocycles. The summed E-state index contributed by atoms with van der Waals surface area (Å²) in [4.78, 5) is 26.2. The van der Waals surface area contributed by atoms with Crippen LogP contribution in [0.15, 0.2) is 11.6 Å². The second-order valence-electron chi connectivity index (χ2n) is 2.80. The molecule has 1 N–H and O–H groups in total. The number of nitrogens with zero attached hydrogens (tertiary/aromatic N) is 1. The summed E-state index contributed by atoms with van der Waals surface area (Å²) in [5.74, 6) is -1.62. The summed E-state index contributed by atoms with van der Waals surface area (Å²) in [6.07, 6.45) is 2.34. The lowest BCUT2D eigenvalue weighted by molar-refractivity contribution is -0.153. The number of amides is 1. The van der Waals surface area contributed by atoms with Crippen LogP contribution in [0.3, 0.4) is 0 Å². The molecule has 0 saturated heterocycles. The molecule has 0 radical (unpaired) electrons. The van der Waals surface area contributed by atoms with E-state index in [1.54, 1.807) is 6.20 Å². The van der Waals surface area contributed by atoms with Crippen molar-refractivity contribution >= 4 is 23.2 Å². The third-order valence-corrected chi connectivity index (χ3v) is 2.72. The lowest BCUT2D eigenvalue weighted by atomic mass is 10.2. The lowest BCUT2D eigenvalue weighted by Gasteiger charge is -2.12. The molecular formula is C9H12N2O3S. The highest BCUT2D eigenvalue weighted by molar-refractivity contribution is 7.09. The number of hydrogen-bond donors (Lipinski definition) is 1. The number of carbonyl (C=O) groups excluding carboxylic acids is 2. The van der Waals surface area contributed by atoms with Gasteiger partial charge in [0.15, 0.2) is 0 Å². The van der Waals surface area contributed by atoms with E-state index in [1.165, 1.54) is 18.4 Å². The first-order valence-corrected chi connectivity index (χ1v) is 5.35. The van der Waals surface area contributed by atoms with Gasteiger partial charge in [-0.15, -0.1) is 11.3 Å². The summed E-state index contributed by atoms with van der Waals surface area (Å²) in [6.45, 7) is 1.91. The number of methoxy groups -OCH3 is 1. The fourth-order valence-corrected chi connectivity index (χ4v) is 1.83. The Labute approximate surface area is 91.5 Å². The van der Waals surface area contributed by atoms with Crippen molar-refractivity contribution in [1.82, 2.24) is 10.3 Å². The quantitative estimate of drug-likeness (QED) is 0.616. The van der Waals surface area contributed by atoms with Gasteiger partial charge in [0.2, 0.25) is 0 Å². The maximum Gasteiger partial charge on any atom is 0.396 e. The Kier molecular flexibility index (Phi) is 4.23. The SMILES string of the molecule is CCC(NC(=O)C(=O)OC)c1nccs1. The summed E-state index contributed by atoms with van der Waals surface area (Å²) >= 11 is 1.44. The molecule has 0 spiro atoms. The van der Waals surface area contributed by atoms with Crippen molar-refractivity contribution in [1.29, 1.82) is 0 Å². The van der Waals surface area contributed by atoms with Gasteiger partial charge in [-0.05, 0) is 6.42 Å². The predicted octanol–water partition coefficient (Wildman–Crippen LogP) is 0.883. The summed E-state index contributed by atoms with van der Waals surface area (Å²) < 4.78 is 4.31. The maximum absolute atomic E-state index is 11.2. The second kappa shape index (κ2) is 5.45. The highest BCUT2D eigenvalue weighted by Crippen LogP contribution is 2.18. The molecular weight excluding hydrogens is 216 g/mol. The van der Waals surface area contributed by atoms with Crippen LogP contribution in [0.5, 0.6) is 0 Å². The summed E-state index contributed by atoms with van der Waals surface area (Å²) in [7, 11) is 1.17. The minimum Gasteiger partial charge on any atom is -0.462 e. The maximum atomic E-state index is 11.2. The van der Waals surface area contributed by atoms with Gasteiger partial charge in [0, 0.05) is 11.6 Å². The number of nitrogens with one attached hydrogen (secondary N) is 1. The molecule has 1 amide bonds. The smallest absolute Gasteiger partial charge is 0.396 e. The first-order valence-electron chi connectivity index (χ1n) is 4.47. The van der Waals surface area contributed by atoms with Gasteiger partial charge in [-0.3, -0.25) is 4.79 Å². The summed E-state index contributed by atoms with van der Waals surface area (Å²) in [6, 6.07) is -0.225.